The van der Waals surface area contributed by atoms with E-state index >= 15 is 0 Å². The highest BCUT2D eigenvalue weighted by atomic mass is 35.5. The SMILES string of the molecule is Cc1nc2sc3c(c2c(=O)n1N)C=C(/C=C/c1ccc(Cl)c(Cl)c1)CC3(C)C. The summed E-state index contributed by atoms with van der Waals surface area (Å²) < 4.78 is 1.12. The Morgan fingerprint density at radius 3 is 2.71 bits per heavy atom. The van der Waals surface area contributed by atoms with Gasteiger partial charge >= 0.3 is 0 Å². The second-order valence-electron chi connectivity index (χ2n) is 7.65. The molecular formula is C21H19Cl2N3OS. The maximum Gasteiger partial charge on any atom is 0.281 e. The summed E-state index contributed by atoms with van der Waals surface area (Å²) in [7, 11) is 0. The molecule has 0 aliphatic heterocycles. The van der Waals surface area contributed by atoms with Gasteiger partial charge in [0.25, 0.3) is 5.56 Å². The standard InChI is InChI=1S/C21H19Cl2N3OS/c1-11-25-19-17(20(27)26(11)24)14-8-13(10-21(2,3)18(14)28-19)5-4-12-6-7-15(22)16(23)9-12/h4-9H,10,24H2,1-3H3/b5-4+. The first-order valence-corrected chi connectivity index (χ1v) is 10.4. The van der Waals surface area contributed by atoms with Crippen molar-refractivity contribution in [3.63, 3.8) is 0 Å². The highest BCUT2D eigenvalue weighted by Crippen LogP contribution is 2.45. The fraction of sp³-hybridized carbons (Fsp3) is 0.238. The second kappa shape index (κ2) is 6.76. The van der Waals surface area contributed by atoms with E-state index in [1.807, 2.05) is 18.2 Å². The van der Waals surface area contributed by atoms with Gasteiger partial charge in [0.1, 0.15) is 10.7 Å². The van der Waals surface area contributed by atoms with Crippen LogP contribution in [-0.4, -0.2) is 9.66 Å². The maximum absolute atomic E-state index is 12.8. The summed E-state index contributed by atoms with van der Waals surface area (Å²) in [6.45, 7) is 6.12. The van der Waals surface area contributed by atoms with E-state index in [1.165, 1.54) is 4.88 Å². The number of aromatic nitrogens is 2. The van der Waals surface area contributed by atoms with Crippen molar-refractivity contribution < 1.29 is 0 Å². The number of nitrogens with zero attached hydrogens (tertiary/aromatic N) is 2. The van der Waals surface area contributed by atoms with Crippen LogP contribution in [0.2, 0.25) is 10.0 Å². The summed E-state index contributed by atoms with van der Waals surface area (Å²) in [5.41, 5.74) is 2.72. The van der Waals surface area contributed by atoms with Gasteiger partial charge in [-0.25, -0.2) is 9.66 Å². The number of nitrogens with two attached hydrogens (primary N) is 1. The van der Waals surface area contributed by atoms with Crippen molar-refractivity contribution in [2.45, 2.75) is 32.6 Å². The molecule has 1 aliphatic carbocycles. The van der Waals surface area contributed by atoms with Gasteiger partial charge in [0, 0.05) is 15.9 Å². The molecule has 0 bridgehead atoms. The summed E-state index contributed by atoms with van der Waals surface area (Å²) in [6, 6.07) is 5.54. The van der Waals surface area contributed by atoms with E-state index in [0.29, 0.717) is 21.3 Å². The molecule has 2 heterocycles. The molecule has 0 spiro atoms. The first kappa shape index (κ1) is 19.2. The number of halogens is 2. The summed E-state index contributed by atoms with van der Waals surface area (Å²) in [6.07, 6.45) is 7.01. The van der Waals surface area contributed by atoms with E-state index < -0.39 is 0 Å². The Morgan fingerprint density at radius 2 is 2.00 bits per heavy atom. The molecule has 1 aromatic carbocycles. The van der Waals surface area contributed by atoms with Gasteiger partial charge in [-0.2, -0.15) is 0 Å². The van der Waals surface area contributed by atoms with Gasteiger partial charge < -0.3 is 5.84 Å². The zero-order valence-electron chi connectivity index (χ0n) is 15.7. The number of hydrogen-bond donors (Lipinski definition) is 1. The molecule has 0 radical (unpaired) electrons. The molecule has 0 unspecified atom stereocenters. The zero-order chi connectivity index (χ0) is 20.2. The third-order valence-corrected chi connectivity index (χ3v) is 7.20. The predicted molar refractivity (Wildman–Crippen MR) is 120 cm³/mol. The lowest BCUT2D eigenvalue weighted by molar-refractivity contribution is 0.531. The Labute approximate surface area is 176 Å². The minimum atomic E-state index is -0.207. The molecular weight excluding hydrogens is 413 g/mol. The highest BCUT2D eigenvalue weighted by molar-refractivity contribution is 7.19. The van der Waals surface area contributed by atoms with Crippen molar-refractivity contribution in [1.82, 2.24) is 9.66 Å². The van der Waals surface area contributed by atoms with Crippen LogP contribution < -0.4 is 11.4 Å². The number of benzene rings is 1. The molecule has 28 heavy (non-hydrogen) atoms. The molecule has 0 amide bonds. The van der Waals surface area contributed by atoms with Crippen LogP contribution in [-0.2, 0) is 5.41 Å². The topological polar surface area (TPSA) is 60.9 Å². The van der Waals surface area contributed by atoms with Crippen LogP contribution in [0.15, 0.2) is 34.6 Å². The number of fused-ring (bicyclic) bond motifs is 3. The molecule has 4 rings (SSSR count). The zero-order valence-corrected chi connectivity index (χ0v) is 18.0. The molecule has 144 valence electrons. The van der Waals surface area contributed by atoms with Gasteiger partial charge in [-0.3, -0.25) is 4.79 Å². The summed E-state index contributed by atoms with van der Waals surface area (Å²) >= 11 is 13.7. The third kappa shape index (κ3) is 3.17. The van der Waals surface area contributed by atoms with Crippen molar-refractivity contribution in [2.24, 2.45) is 0 Å². The normalized spacial score (nSPS) is 15.8. The minimum Gasteiger partial charge on any atom is -0.335 e. The van der Waals surface area contributed by atoms with Gasteiger partial charge in [-0.1, -0.05) is 55.3 Å². The monoisotopic (exact) mass is 431 g/mol. The number of nitrogen functional groups attached to an aromatic ring is 1. The van der Waals surface area contributed by atoms with Crippen LogP contribution in [0.4, 0.5) is 0 Å². The van der Waals surface area contributed by atoms with Crippen LogP contribution in [0.25, 0.3) is 22.4 Å². The first-order chi connectivity index (χ1) is 13.2. The van der Waals surface area contributed by atoms with E-state index in [4.69, 9.17) is 29.0 Å². The third-order valence-electron chi connectivity index (χ3n) is 5.00. The van der Waals surface area contributed by atoms with Crippen LogP contribution in [0.3, 0.4) is 0 Å². The van der Waals surface area contributed by atoms with Crippen molar-refractivity contribution >= 4 is 56.9 Å². The smallest absolute Gasteiger partial charge is 0.281 e. The molecule has 1 aliphatic rings. The average Bonchev–Trinajstić information content (AvgIpc) is 2.99. The fourth-order valence-electron chi connectivity index (χ4n) is 3.58. The average molecular weight is 432 g/mol. The van der Waals surface area contributed by atoms with Gasteiger partial charge in [-0.05, 0) is 42.7 Å². The molecule has 4 nitrogen and oxygen atoms in total. The molecule has 3 aromatic rings. The van der Waals surface area contributed by atoms with Gasteiger partial charge in [0.15, 0.2) is 0 Å². The predicted octanol–water partition coefficient (Wildman–Crippen LogP) is 5.57. The van der Waals surface area contributed by atoms with E-state index in [9.17, 15) is 4.79 Å². The largest absolute Gasteiger partial charge is 0.335 e. The van der Waals surface area contributed by atoms with Crippen LogP contribution >= 0.6 is 34.5 Å². The Bertz CT molecular complexity index is 1230. The van der Waals surface area contributed by atoms with Crippen molar-refractivity contribution in [1.29, 1.82) is 0 Å². The Kier molecular flexibility index (Phi) is 4.65. The number of thiophene rings is 1. The number of aryl methyl sites for hydroxylation is 1. The van der Waals surface area contributed by atoms with Gasteiger partial charge in [0.2, 0.25) is 0 Å². The quantitative estimate of drug-likeness (QED) is 0.539. The highest BCUT2D eigenvalue weighted by Gasteiger charge is 2.32. The lowest BCUT2D eigenvalue weighted by Gasteiger charge is -2.29. The first-order valence-electron chi connectivity index (χ1n) is 8.83. The molecule has 0 fully saturated rings. The van der Waals surface area contributed by atoms with Crippen LogP contribution in [0.5, 0.6) is 0 Å². The van der Waals surface area contributed by atoms with E-state index in [1.54, 1.807) is 24.3 Å². The number of rotatable bonds is 2. The summed E-state index contributed by atoms with van der Waals surface area (Å²) in [5.74, 6) is 6.40. The van der Waals surface area contributed by atoms with Crippen LogP contribution in [0, 0.1) is 6.92 Å². The number of allylic oxidation sites excluding steroid dienone is 2. The fourth-order valence-corrected chi connectivity index (χ4v) is 5.18. The number of hydrogen-bond acceptors (Lipinski definition) is 4. The van der Waals surface area contributed by atoms with E-state index in [0.717, 1.165) is 32.6 Å². The molecule has 7 heteroatoms. The summed E-state index contributed by atoms with van der Waals surface area (Å²) in [5, 5.41) is 1.66. The van der Waals surface area contributed by atoms with Gasteiger partial charge in [-0.15, -0.1) is 11.3 Å². The van der Waals surface area contributed by atoms with E-state index in [2.05, 4.69) is 31.0 Å². The van der Waals surface area contributed by atoms with Gasteiger partial charge in [0.05, 0.1) is 15.4 Å². The molecule has 0 atom stereocenters. The molecule has 0 saturated carbocycles. The Balaban J connectivity index is 1.85. The van der Waals surface area contributed by atoms with E-state index in [-0.39, 0.29) is 11.0 Å². The Morgan fingerprint density at radius 1 is 1.25 bits per heavy atom. The lowest BCUT2D eigenvalue weighted by Crippen LogP contribution is -2.30. The maximum atomic E-state index is 12.8. The molecule has 2 N–H and O–H groups in total. The molecule has 0 saturated heterocycles. The minimum absolute atomic E-state index is 0.105. The van der Waals surface area contributed by atoms with Crippen LogP contribution in [0.1, 0.15) is 42.1 Å². The van der Waals surface area contributed by atoms with Crippen molar-refractivity contribution in [3.05, 3.63) is 72.1 Å². The second-order valence-corrected chi connectivity index (χ2v) is 9.46. The van der Waals surface area contributed by atoms with Crippen molar-refractivity contribution in [2.75, 3.05) is 5.84 Å². The lowest BCUT2D eigenvalue weighted by atomic mass is 9.77. The summed E-state index contributed by atoms with van der Waals surface area (Å²) in [4.78, 5) is 19.2. The molecule has 2 aromatic heterocycles. The Hall–Kier alpha value is -2.08. The van der Waals surface area contributed by atoms with Crippen molar-refractivity contribution in [3.8, 4) is 0 Å².